The zero-order chi connectivity index (χ0) is 8.15. The van der Waals surface area contributed by atoms with E-state index in [1.54, 1.807) is 5.20 Å². The van der Waals surface area contributed by atoms with Gasteiger partial charge in [-0.3, -0.25) is 0 Å². The first-order valence-electron chi connectivity index (χ1n) is 4.02. The number of nitrogens with zero attached hydrogens (tertiary/aromatic N) is 1. The number of hydrogen-bond donors (Lipinski definition) is 0. The molecule has 0 fully saturated rings. The summed E-state index contributed by atoms with van der Waals surface area (Å²) in [6.07, 6.45) is 0. The van der Waals surface area contributed by atoms with Crippen molar-refractivity contribution in [3.8, 4) is 0 Å². The van der Waals surface area contributed by atoms with E-state index in [1.165, 1.54) is 15.9 Å². The monoisotopic (exact) mass is 157 g/mol. The highest BCUT2D eigenvalue weighted by molar-refractivity contribution is 6.21. The lowest BCUT2D eigenvalue weighted by atomic mass is 10.3. The van der Waals surface area contributed by atoms with Crippen molar-refractivity contribution in [3.05, 3.63) is 10.9 Å². The molecule has 1 nitrogen and oxygen atoms in total. The molecular weight excluding hydrogens is 138 g/mol. The maximum absolute atomic E-state index is 2.41. The van der Waals surface area contributed by atoms with Crippen molar-refractivity contribution < 1.29 is 0 Å². The Labute approximate surface area is 67.5 Å². The Morgan fingerprint density at radius 3 is 1.70 bits per heavy atom. The predicted octanol–water partition coefficient (Wildman–Crippen LogP) is 0.945. The van der Waals surface area contributed by atoms with Gasteiger partial charge in [-0.25, -0.2) is 0 Å². The van der Waals surface area contributed by atoms with Gasteiger partial charge in [-0.15, -0.1) is 0 Å². The van der Waals surface area contributed by atoms with Gasteiger partial charge in [0.25, 0.3) is 0 Å². The molecule has 0 aromatic heterocycles. The Morgan fingerprint density at radius 1 is 1.20 bits per heavy atom. The predicted molar refractivity (Wildman–Crippen MR) is 51.2 cm³/mol. The van der Waals surface area contributed by atoms with Crippen LogP contribution in [0.5, 0.6) is 0 Å². The summed E-state index contributed by atoms with van der Waals surface area (Å²) in [5.74, 6) is 0. The summed E-state index contributed by atoms with van der Waals surface area (Å²) in [5, 5.41) is 1.56. The summed E-state index contributed by atoms with van der Waals surface area (Å²) >= 11 is 0. The second-order valence-electron chi connectivity index (χ2n) is 2.76. The molecule has 0 saturated carbocycles. The highest BCUT2D eigenvalue weighted by Crippen LogP contribution is 2.05. The Bertz CT molecular complexity index is 121. The molecule has 0 saturated heterocycles. The Hall–Kier alpha value is -0.243. The highest BCUT2D eigenvalue weighted by atomic mass is 28.1. The zero-order valence-electron chi connectivity index (χ0n) is 7.86. The van der Waals surface area contributed by atoms with Crippen LogP contribution in [-0.2, 0) is 0 Å². The highest BCUT2D eigenvalue weighted by Gasteiger charge is 1.99. The van der Waals surface area contributed by atoms with Crippen LogP contribution in [0.2, 0.25) is 0 Å². The van der Waals surface area contributed by atoms with Gasteiger partial charge in [0.15, 0.2) is 0 Å². The van der Waals surface area contributed by atoms with Crippen LogP contribution >= 0.6 is 0 Å². The van der Waals surface area contributed by atoms with Gasteiger partial charge in [-0.2, -0.15) is 0 Å². The molecule has 10 heavy (non-hydrogen) atoms. The average Bonchev–Trinajstić information content (AvgIpc) is 1.90. The number of rotatable bonds is 3. The van der Waals surface area contributed by atoms with Gasteiger partial charge in [0.2, 0.25) is 0 Å². The first-order chi connectivity index (χ1) is 4.63. The van der Waals surface area contributed by atoms with E-state index in [0.29, 0.717) is 0 Å². The van der Waals surface area contributed by atoms with E-state index in [-0.39, 0.29) is 0 Å². The van der Waals surface area contributed by atoms with Crippen molar-refractivity contribution in [1.82, 2.24) is 4.90 Å². The van der Waals surface area contributed by atoms with E-state index in [1.807, 2.05) is 0 Å². The fourth-order valence-corrected chi connectivity index (χ4v) is 1.33. The van der Waals surface area contributed by atoms with Gasteiger partial charge >= 0.3 is 0 Å². The molecule has 0 aliphatic heterocycles. The second kappa shape index (κ2) is 4.55. The fourth-order valence-electron chi connectivity index (χ4n) is 1.01. The van der Waals surface area contributed by atoms with Crippen molar-refractivity contribution in [2.45, 2.75) is 27.7 Å². The standard InChI is InChI=1S/C8H19NSi/c1-5-9(6-2)7(3)8(4)10/h5-6H2,1-4,10H3. The van der Waals surface area contributed by atoms with Crippen molar-refractivity contribution >= 4 is 10.2 Å². The van der Waals surface area contributed by atoms with Crippen LogP contribution in [0.1, 0.15) is 27.7 Å². The van der Waals surface area contributed by atoms with Gasteiger partial charge in [0, 0.05) is 29.0 Å². The van der Waals surface area contributed by atoms with E-state index < -0.39 is 0 Å². The molecule has 0 N–H and O–H groups in total. The molecule has 0 aromatic carbocycles. The Balaban J connectivity index is 4.15. The maximum Gasteiger partial charge on any atom is 0.0351 e. The zero-order valence-corrected chi connectivity index (χ0v) is 9.86. The van der Waals surface area contributed by atoms with Crippen LogP contribution < -0.4 is 0 Å². The van der Waals surface area contributed by atoms with E-state index in [4.69, 9.17) is 0 Å². The van der Waals surface area contributed by atoms with Crippen LogP contribution in [0.3, 0.4) is 0 Å². The molecule has 0 aromatic rings. The molecule has 0 unspecified atom stereocenters. The Kier molecular flexibility index (Phi) is 4.44. The van der Waals surface area contributed by atoms with Crippen molar-refractivity contribution in [2.24, 2.45) is 0 Å². The molecule has 0 atom stereocenters. The summed E-state index contributed by atoms with van der Waals surface area (Å²) in [5.41, 5.74) is 1.48. The molecule has 0 aliphatic carbocycles. The maximum atomic E-state index is 2.41. The second-order valence-corrected chi connectivity index (χ2v) is 4.26. The molecule has 0 spiro atoms. The summed E-state index contributed by atoms with van der Waals surface area (Å²) in [7, 11) is 1.20. The molecule has 0 radical (unpaired) electrons. The summed E-state index contributed by atoms with van der Waals surface area (Å²) in [6, 6.07) is 0. The van der Waals surface area contributed by atoms with Crippen LogP contribution in [0.4, 0.5) is 0 Å². The number of allylic oxidation sites excluding steroid dienone is 2. The lowest BCUT2D eigenvalue weighted by Gasteiger charge is -2.22. The lowest BCUT2D eigenvalue weighted by molar-refractivity contribution is 0.381. The van der Waals surface area contributed by atoms with Gasteiger partial charge in [0.05, 0.1) is 0 Å². The smallest absolute Gasteiger partial charge is 0.0351 e. The minimum Gasteiger partial charge on any atom is -0.376 e. The third kappa shape index (κ3) is 2.56. The third-order valence-corrected chi connectivity index (χ3v) is 2.68. The topological polar surface area (TPSA) is 3.24 Å². The molecule has 60 valence electrons. The van der Waals surface area contributed by atoms with Gasteiger partial charge in [-0.05, 0) is 27.7 Å². The number of hydrogen-bond acceptors (Lipinski definition) is 1. The molecule has 0 aliphatic rings. The molecule has 0 heterocycles. The average molecular weight is 157 g/mol. The van der Waals surface area contributed by atoms with E-state index in [2.05, 4.69) is 32.6 Å². The largest absolute Gasteiger partial charge is 0.376 e. The van der Waals surface area contributed by atoms with Crippen molar-refractivity contribution in [2.75, 3.05) is 13.1 Å². The first-order valence-corrected chi connectivity index (χ1v) is 5.02. The minimum atomic E-state index is 1.14. The van der Waals surface area contributed by atoms with E-state index >= 15 is 0 Å². The lowest BCUT2D eigenvalue weighted by Crippen LogP contribution is -2.21. The van der Waals surface area contributed by atoms with E-state index in [9.17, 15) is 0 Å². The van der Waals surface area contributed by atoms with Crippen LogP contribution in [0, 0.1) is 0 Å². The Morgan fingerprint density at radius 2 is 1.60 bits per heavy atom. The molecule has 2 heteroatoms. The van der Waals surface area contributed by atoms with Crippen molar-refractivity contribution in [1.29, 1.82) is 0 Å². The van der Waals surface area contributed by atoms with Crippen LogP contribution in [0.25, 0.3) is 0 Å². The minimum absolute atomic E-state index is 1.14. The first kappa shape index (κ1) is 9.76. The SMILES string of the molecule is CCN(CC)C(C)=C(C)[SiH3]. The molecule has 0 rings (SSSR count). The van der Waals surface area contributed by atoms with Crippen molar-refractivity contribution in [3.63, 3.8) is 0 Å². The van der Waals surface area contributed by atoms with Gasteiger partial charge < -0.3 is 4.90 Å². The molecular formula is C8H19NSi. The van der Waals surface area contributed by atoms with Gasteiger partial charge in [-0.1, -0.05) is 5.20 Å². The quantitative estimate of drug-likeness (QED) is 0.551. The van der Waals surface area contributed by atoms with Crippen LogP contribution in [0.15, 0.2) is 10.9 Å². The van der Waals surface area contributed by atoms with Crippen LogP contribution in [-0.4, -0.2) is 28.2 Å². The summed E-state index contributed by atoms with van der Waals surface area (Å²) in [6.45, 7) is 11.1. The summed E-state index contributed by atoms with van der Waals surface area (Å²) in [4.78, 5) is 2.41. The normalized spacial score (nSPS) is 13.2. The fraction of sp³-hybridized carbons (Fsp3) is 0.750. The third-order valence-electron chi connectivity index (χ3n) is 1.96. The van der Waals surface area contributed by atoms with Gasteiger partial charge in [0.1, 0.15) is 0 Å². The van der Waals surface area contributed by atoms with E-state index in [0.717, 1.165) is 13.1 Å². The molecule has 0 amide bonds. The summed E-state index contributed by atoms with van der Waals surface area (Å²) < 4.78 is 0. The molecule has 0 bridgehead atoms.